The molecule has 0 aliphatic rings. The monoisotopic (exact) mass is 301 g/mol. The number of hydrogen-bond acceptors (Lipinski definition) is 3. The van der Waals surface area contributed by atoms with Crippen LogP contribution < -0.4 is 4.90 Å². The third-order valence-electron chi connectivity index (χ3n) is 2.66. The van der Waals surface area contributed by atoms with Gasteiger partial charge in [0.05, 0.1) is 17.4 Å². The van der Waals surface area contributed by atoms with Crippen LogP contribution in [-0.4, -0.2) is 12.0 Å². The van der Waals surface area contributed by atoms with Gasteiger partial charge >= 0.3 is 0 Å². The van der Waals surface area contributed by atoms with Crippen molar-refractivity contribution < 1.29 is 0 Å². The Hall–Kier alpha value is -1.86. The van der Waals surface area contributed by atoms with Crippen molar-refractivity contribution in [2.75, 3.05) is 11.9 Å². The predicted octanol–water partition coefficient (Wildman–Crippen LogP) is 3.35. The minimum atomic E-state index is 0.643. The average Bonchev–Trinajstić information content (AvgIpc) is 2.41. The molecule has 0 atom stereocenters. The summed E-state index contributed by atoms with van der Waals surface area (Å²) in [5.74, 6) is 0. The third-order valence-corrected chi connectivity index (χ3v) is 3.19. The Morgan fingerprint density at radius 3 is 2.67 bits per heavy atom. The van der Waals surface area contributed by atoms with E-state index < -0.39 is 0 Å². The minimum Gasteiger partial charge on any atom is -0.368 e. The molecule has 1 heterocycles. The van der Waals surface area contributed by atoms with Gasteiger partial charge in [-0.05, 0) is 23.8 Å². The van der Waals surface area contributed by atoms with E-state index in [1.54, 1.807) is 18.5 Å². The maximum atomic E-state index is 9.06. The van der Waals surface area contributed by atoms with Gasteiger partial charge in [0.2, 0.25) is 0 Å². The lowest BCUT2D eigenvalue weighted by Gasteiger charge is -2.20. The molecule has 2 rings (SSSR count). The number of rotatable bonds is 3. The van der Waals surface area contributed by atoms with E-state index in [0.717, 1.165) is 16.7 Å². The van der Waals surface area contributed by atoms with Crippen molar-refractivity contribution in [3.05, 3.63) is 58.3 Å². The van der Waals surface area contributed by atoms with Crippen LogP contribution in [0.25, 0.3) is 0 Å². The lowest BCUT2D eigenvalue weighted by Crippen LogP contribution is -2.17. The van der Waals surface area contributed by atoms with Gasteiger partial charge < -0.3 is 4.90 Å². The fraction of sp³-hybridized carbons (Fsp3) is 0.143. The summed E-state index contributed by atoms with van der Waals surface area (Å²) in [6.07, 6.45) is 3.35. The van der Waals surface area contributed by atoms with Crippen LogP contribution in [0.2, 0.25) is 0 Å². The first-order valence-electron chi connectivity index (χ1n) is 5.50. The Kier molecular flexibility index (Phi) is 3.96. The van der Waals surface area contributed by atoms with Crippen LogP contribution in [0.3, 0.4) is 0 Å². The number of nitriles is 1. The van der Waals surface area contributed by atoms with E-state index in [9.17, 15) is 0 Å². The first-order chi connectivity index (χ1) is 8.70. The SMILES string of the molecule is CN(Cc1ccc(Br)cc1)c1cnccc1C#N. The second-order valence-electron chi connectivity index (χ2n) is 3.99. The lowest BCUT2D eigenvalue weighted by molar-refractivity contribution is 0.915. The van der Waals surface area contributed by atoms with Crippen molar-refractivity contribution in [3.63, 3.8) is 0 Å². The molecule has 0 aliphatic carbocycles. The highest BCUT2D eigenvalue weighted by atomic mass is 79.9. The highest BCUT2D eigenvalue weighted by molar-refractivity contribution is 9.10. The van der Waals surface area contributed by atoms with E-state index in [2.05, 4.69) is 39.1 Å². The standard InChI is InChI=1S/C14H12BrN3/c1-18(10-11-2-4-13(15)5-3-11)14-9-17-7-6-12(14)8-16/h2-7,9H,10H2,1H3. The van der Waals surface area contributed by atoms with Gasteiger partial charge in [-0.2, -0.15) is 5.26 Å². The van der Waals surface area contributed by atoms with Crippen LogP contribution in [0.1, 0.15) is 11.1 Å². The number of hydrogen-bond donors (Lipinski definition) is 0. The van der Waals surface area contributed by atoms with Crippen LogP contribution in [0.15, 0.2) is 47.2 Å². The Labute approximate surface area is 115 Å². The summed E-state index contributed by atoms with van der Waals surface area (Å²) in [6, 6.07) is 12.1. The van der Waals surface area contributed by atoms with Crippen LogP contribution in [0, 0.1) is 11.3 Å². The number of nitrogens with zero attached hydrogens (tertiary/aromatic N) is 3. The van der Waals surface area contributed by atoms with Gasteiger partial charge in [-0.25, -0.2) is 0 Å². The summed E-state index contributed by atoms with van der Waals surface area (Å²) in [5.41, 5.74) is 2.68. The zero-order valence-corrected chi connectivity index (χ0v) is 11.6. The Morgan fingerprint density at radius 2 is 2.00 bits per heavy atom. The summed E-state index contributed by atoms with van der Waals surface area (Å²) in [7, 11) is 1.96. The molecule has 0 bridgehead atoms. The molecule has 0 aliphatic heterocycles. The summed E-state index contributed by atoms with van der Waals surface area (Å²) in [5, 5.41) is 9.06. The number of aromatic nitrogens is 1. The van der Waals surface area contributed by atoms with E-state index in [4.69, 9.17) is 5.26 Å². The normalized spacial score (nSPS) is 9.83. The van der Waals surface area contributed by atoms with Crippen LogP contribution in [0.4, 0.5) is 5.69 Å². The number of halogens is 1. The maximum absolute atomic E-state index is 9.06. The summed E-state index contributed by atoms with van der Waals surface area (Å²) >= 11 is 3.41. The van der Waals surface area contributed by atoms with Gasteiger partial charge in [0, 0.05) is 24.3 Å². The molecule has 1 aromatic carbocycles. The number of benzene rings is 1. The van der Waals surface area contributed by atoms with Gasteiger partial charge in [-0.15, -0.1) is 0 Å². The molecule has 90 valence electrons. The van der Waals surface area contributed by atoms with Gasteiger partial charge in [-0.1, -0.05) is 28.1 Å². The smallest absolute Gasteiger partial charge is 0.101 e. The molecule has 0 saturated heterocycles. The average molecular weight is 302 g/mol. The molecule has 0 spiro atoms. The quantitative estimate of drug-likeness (QED) is 0.873. The van der Waals surface area contributed by atoms with Crippen molar-refractivity contribution in [1.82, 2.24) is 4.98 Å². The maximum Gasteiger partial charge on any atom is 0.101 e. The van der Waals surface area contributed by atoms with E-state index in [-0.39, 0.29) is 0 Å². The van der Waals surface area contributed by atoms with Crippen molar-refractivity contribution in [2.45, 2.75) is 6.54 Å². The Morgan fingerprint density at radius 1 is 1.28 bits per heavy atom. The second kappa shape index (κ2) is 5.65. The molecule has 1 aromatic heterocycles. The number of pyridine rings is 1. The first-order valence-corrected chi connectivity index (χ1v) is 6.29. The predicted molar refractivity (Wildman–Crippen MR) is 75.2 cm³/mol. The Balaban J connectivity index is 2.19. The topological polar surface area (TPSA) is 39.9 Å². The van der Waals surface area contributed by atoms with E-state index in [1.807, 2.05) is 24.1 Å². The molecule has 0 N–H and O–H groups in total. The van der Waals surface area contributed by atoms with Crippen LogP contribution in [0.5, 0.6) is 0 Å². The summed E-state index contributed by atoms with van der Waals surface area (Å²) < 4.78 is 1.06. The minimum absolute atomic E-state index is 0.643. The zero-order valence-electron chi connectivity index (χ0n) is 9.97. The van der Waals surface area contributed by atoms with E-state index in [1.165, 1.54) is 5.56 Å². The molecule has 0 fully saturated rings. The van der Waals surface area contributed by atoms with Crippen LogP contribution in [-0.2, 0) is 6.54 Å². The molecular weight excluding hydrogens is 290 g/mol. The highest BCUT2D eigenvalue weighted by Crippen LogP contribution is 2.19. The molecule has 0 saturated carbocycles. The molecule has 0 amide bonds. The van der Waals surface area contributed by atoms with Gasteiger partial charge in [0.15, 0.2) is 0 Å². The van der Waals surface area contributed by atoms with Crippen molar-refractivity contribution in [2.24, 2.45) is 0 Å². The Bertz CT molecular complexity index is 572. The molecule has 0 unspecified atom stereocenters. The molecule has 0 radical (unpaired) electrons. The fourth-order valence-electron chi connectivity index (χ4n) is 1.73. The fourth-order valence-corrected chi connectivity index (χ4v) is 2.00. The van der Waals surface area contributed by atoms with Crippen molar-refractivity contribution >= 4 is 21.6 Å². The largest absolute Gasteiger partial charge is 0.368 e. The van der Waals surface area contributed by atoms with E-state index >= 15 is 0 Å². The van der Waals surface area contributed by atoms with Crippen molar-refractivity contribution in [1.29, 1.82) is 5.26 Å². The summed E-state index contributed by atoms with van der Waals surface area (Å²) in [4.78, 5) is 6.09. The van der Waals surface area contributed by atoms with Gasteiger partial charge in [-0.3, -0.25) is 4.98 Å². The van der Waals surface area contributed by atoms with Crippen LogP contribution >= 0.6 is 15.9 Å². The first kappa shape index (κ1) is 12.6. The van der Waals surface area contributed by atoms with Gasteiger partial charge in [0.1, 0.15) is 6.07 Å². The second-order valence-corrected chi connectivity index (χ2v) is 4.90. The number of anilines is 1. The molecule has 2 aromatic rings. The zero-order chi connectivity index (χ0) is 13.0. The molecule has 4 heteroatoms. The molecular formula is C14H12BrN3. The van der Waals surface area contributed by atoms with Crippen molar-refractivity contribution in [3.8, 4) is 6.07 Å². The van der Waals surface area contributed by atoms with Gasteiger partial charge in [0.25, 0.3) is 0 Å². The summed E-state index contributed by atoms with van der Waals surface area (Å²) in [6.45, 7) is 0.744. The lowest BCUT2D eigenvalue weighted by atomic mass is 10.2. The van der Waals surface area contributed by atoms with E-state index in [0.29, 0.717) is 5.56 Å². The highest BCUT2D eigenvalue weighted by Gasteiger charge is 2.07. The molecule has 18 heavy (non-hydrogen) atoms. The molecule has 3 nitrogen and oxygen atoms in total. The third kappa shape index (κ3) is 2.88.